The van der Waals surface area contributed by atoms with Gasteiger partial charge in [-0.25, -0.2) is 4.98 Å². The van der Waals surface area contributed by atoms with Gasteiger partial charge < -0.3 is 10.5 Å². The Morgan fingerprint density at radius 3 is 3.00 bits per heavy atom. The molecular weight excluding hydrogens is 166 g/mol. The Kier molecular flexibility index (Phi) is 4.18. The fourth-order valence-corrected chi connectivity index (χ4v) is 0.931. The average Bonchev–Trinajstić information content (AvgIpc) is 2.16. The highest BCUT2D eigenvalue weighted by Crippen LogP contribution is 2.05. The van der Waals surface area contributed by atoms with E-state index in [0.29, 0.717) is 19.0 Å². The lowest BCUT2D eigenvalue weighted by Crippen LogP contribution is -2.06. The monoisotopic (exact) mass is 181 g/mol. The number of ether oxygens (including phenoxy) is 1. The van der Waals surface area contributed by atoms with Crippen molar-refractivity contribution in [2.24, 2.45) is 5.73 Å². The van der Waals surface area contributed by atoms with Gasteiger partial charge in [0.25, 0.3) is 0 Å². The zero-order valence-electron chi connectivity index (χ0n) is 7.86. The molecule has 1 rings (SSSR count). The molecule has 0 spiro atoms. The summed E-state index contributed by atoms with van der Waals surface area (Å²) < 4.78 is 5.33. The standard InChI is InChI=1S/C9H15N3O/c1-2-5-13-9-7-11-6-8(12-9)3-4-10/h6-7H,2-5,10H2,1H3. The van der Waals surface area contributed by atoms with Gasteiger partial charge in [0.15, 0.2) is 0 Å². The third-order valence-electron chi connectivity index (χ3n) is 1.52. The second-order valence-electron chi connectivity index (χ2n) is 2.74. The van der Waals surface area contributed by atoms with Crippen LogP contribution in [0.5, 0.6) is 5.88 Å². The molecule has 1 aromatic rings. The van der Waals surface area contributed by atoms with Crippen LogP contribution < -0.4 is 10.5 Å². The molecule has 0 saturated carbocycles. The summed E-state index contributed by atoms with van der Waals surface area (Å²) in [6, 6.07) is 0. The van der Waals surface area contributed by atoms with Gasteiger partial charge in [-0.05, 0) is 13.0 Å². The zero-order chi connectivity index (χ0) is 9.52. The summed E-state index contributed by atoms with van der Waals surface area (Å²) in [6.45, 7) is 3.32. The van der Waals surface area contributed by atoms with Crippen LogP contribution in [-0.4, -0.2) is 23.1 Å². The zero-order valence-corrected chi connectivity index (χ0v) is 7.86. The first kappa shape index (κ1) is 9.92. The van der Waals surface area contributed by atoms with Crippen LogP contribution >= 0.6 is 0 Å². The first-order chi connectivity index (χ1) is 6.36. The SMILES string of the molecule is CCCOc1cncc(CCN)n1. The Bertz CT molecular complexity index is 252. The van der Waals surface area contributed by atoms with E-state index in [-0.39, 0.29) is 0 Å². The predicted molar refractivity (Wildman–Crippen MR) is 50.6 cm³/mol. The molecule has 0 bridgehead atoms. The number of aromatic nitrogens is 2. The van der Waals surface area contributed by atoms with Gasteiger partial charge >= 0.3 is 0 Å². The summed E-state index contributed by atoms with van der Waals surface area (Å²) in [5.41, 5.74) is 6.29. The number of nitrogens with zero attached hydrogens (tertiary/aromatic N) is 2. The molecule has 0 aromatic carbocycles. The average molecular weight is 181 g/mol. The van der Waals surface area contributed by atoms with Crippen molar-refractivity contribution in [2.75, 3.05) is 13.2 Å². The van der Waals surface area contributed by atoms with E-state index in [1.54, 1.807) is 12.4 Å². The van der Waals surface area contributed by atoms with Crippen molar-refractivity contribution in [3.8, 4) is 5.88 Å². The molecule has 0 aliphatic rings. The smallest absolute Gasteiger partial charge is 0.232 e. The van der Waals surface area contributed by atoms with E-state index in [4.69, 9.17) is 10.5 Å². The molecule has 0 saturated heterocycles. The van der Waals surface area contributed by atoms with Crippen LogP contribution in [0, 0.1) is 0 Å². The second-order valence-corrected chi connectivity index (χ2v) is 2.74. The molecule has 4 heteroatoms. The summed E-state index contributed by atoms with van der Waals surface area (Å²) in [5, 5.41) is 0. The molecule has 1 heterocycles. The van der Waals surface area contributed by atoms with Gasteiger partial charge in [0.05, 0.1) is 18.5 Å². The van der Waals surface area contributed by atoms with Gasteiger partial charge in [-0.3, -0.25) is 4.98 Å². The topological polar surface area (TPSA) is 61.0 Å². The summed E-state index contributed by atoms with van der Waals surface area (Å²) in [6.07, 6.45) is 5.06. The third-order valence-corrected chi connectivity index (χ3v) is 1.52. The maximum atomic E-state index is 5.40. The number of hydrogen-bond acceptors (Lipinski definition) is 4. The minimum absolute atomic E-state index is 0.589. The highest BCUT2D eigenvalue weighted by atomic mass is 16.5. The number of rotatable bonds is 5. The third kappa shape index (κ3) is 3.38. The molecule has 2 N–H and O–H groups in total. The molecular formula is C9H15N3O. The molecule has 0 radical (unpaired) electrons. The maximum absolute atomic E-state index is 5.40. The Balaban J connectivity index is 2.56. The van der Waals surface area contributed by atoms with E-state index in [2.05, 4.69) is 16.9 Å². The molecule has 1 aromatic heterocycles. The van der Waals surface area contributed by atoms with Crippen LogP contribution in [0.15, 0.2) is 12.4 Å². The number of nitrogens with two attached hydrogens (primary N) is 1. The minimum Gasteiger partial charge on any atom is -0.477 e. The van der Waals surface area contributed by atoms with Crippen molar-refractivity contribution in [2.45, 2.75) is 19.8 Å². The van der Waals surface area contributed by atoms with Crippen molar-refractivity contribution < 1.29 is 4.74 Å². The lowest BCUT2D eigenvalue weighted by molar-refractivity contribution is 0.303. The van der Waals surface area contributed by atoms with Gasteiger partial charge in [-0.15, -0.1) is 0 Å². The summed E-state index contributed by atoms with van der Waals surface area (Å²) in [7, 11) is 0. The van der Waals surface area contributed by atoms with Crippen molar-refractivity contribution in [1.82, 2.24) is 9.97 Å². The minimum atomic E-state index is 0.589. The molecule has 0 atom stereocenters. The molecule has 13 heavy (non-hydrogen) atoms. The van der Waals surface area contributed by atoms with Gasteiger partial charge in [0.1, 0.15) is 0 Å². The summed E-state index contributed by atoms with van der Waals surface area (Å²) in [4.78, 5) is 8.25. The van der Waals surface area contributed by atoms with Crippen molar-refractivity contribution in [3.05, 3.63) is 18.1 Å². The largest absolute Gasteiger partial charge is 0.477 e. The summed E-state index contributed by atoms with van der Waals surface area (Å²) in [5.74, 6) is 0.591. The predicted octanol–water partition coefficient (Wildman–Crippen LogP) is 0.767. The van der Waals surface area contributed by atoms with Gasteiger partial charge in [0, 0.05) is 12.6 Å². The van der Waals surface area contributed by atoms with Crippen LogP contribution in [0.25, 0.3) is 0 Å². The normalized spacial score (nSPS) is 10.0. The van der Waals surface area contributed by atoms with E-state index in [0.717, 1.165) is 18.5 Å². The van der Waals surface area contributed by atoms with Crippen molar-refractivity contribution >= 4 is 0 Å². The summed E-state index contributed by atoms with van der Waals surface area (Å²) >= 11 is 0. The highest BCUT2D eigenvalue weighted by Gasteiger charge is 1.97. The molecule has 0 aliphatic heterocycles. The van der Waals surface area contributed by atoms with Gasteiger partial charge in [-0.2, -0.15) is 0 Å². The van der Waals surface area contributed by atoms with Crippen LogP contribution in [0.3, 0.4) is 0 Å². The van der Waals surface area contributed by atoms with Crippen LogP contribution in [0.2, 0.25) is 0 Å². The highest BCUT2D eigenvalue weighted by molar-refractivity contribution is 5.08. The maximum Gasteiger partial charge on any atom is 0.232 e. The first-order valence-corrected chi connectivity index (χ1v) is 4.50. The molecule has 0 unspecified atom stereocenters. The Morgan fingerprint density at radius 2 is 2.31 bits per heavy atom. The van der Waals surface area contributed by atoms with E-state index >= 15 is 0 Å². The van der Waals surface area contributed by atoms with Crippen LogP contribution in [0.4, 0.5) is 0 Å². The lowest BCUT2D eigenvalue weighted by Gasteiger charge is -2.03. The van der Waals surface area contributed by atoms with Crippen molar-refractivity contribution in [3.63, 3.8) is 0 Å². The fourth-order valence-electron chi connectivity index (χ4n) is 0.931. The molecule has 0 fully saturated rings. The van der Waals surface area contributed by atoms with Crippen molar-refractivity contribution in [1.29, 1.82) is 0 Å². The lowest BCUT2D eigenvalue weighted by atomic mass is 10.3. The molecule has 0 aliphatic carbocycles. The Labute approximate surface area is 78.1 Å². The number of hydrogen-bond donors (Lipinski definition) is 1. The fraction of sp³-hybridized carbons (Fsp3) is 0.556. The Hall–Kier alpha value is -1.16. The van der Waals surface area contributed by atoms with Crippen LogP contribution in [0.1, 0.15) is 19.0 Å². The Morgan fingerprint density at radius 1 is 1.46 bits per heavy atom. The van der Waals surface area contributed by atoms with E-state index in [1.807, 2.05) is 0 Å². The van der Waals surface area contributed by atoms with E-state index in [1.165, 1.54) is 0 Å². The van der Waals surface area contributed by atoms with Gasteiger partial charge in [-0.1, -0.05) is 6.92 Å². The first-order valence-electron chi connectivity index (χ1n) is 4.50. The molecule has 4 nitrogen and oxygen atoms in total. The second kappa shape index (κ2) is 5.48. The van der Waals surface area contributed by atoms with E-state index in [9.17, 15) is 0 Å². The molecule has 72 valence electrons. The quantitative estimate of drug-likeness (QED) is 0.728. The van der Waals surface area contributed by atoms with Crippen LogP contribution in [-0.2, 0) is 6.42 Å². The van der Waals surface area contributed by atoms with E-state index < -0.39 is 0 Å². The van der Waals surface area contributed by atoms with Gasteiger partial charge in [0.2, 0.25) is 5.88 Å². The molecule has 0 amide bonds.